The van der Waals surface area contributed by atoms with Crippen molar-refractivity contribution < 1.29 is 13.9 Å². The van der Waals surface area contributed by atoms with E-state index >= 15 is 4.39 Å². The van der Waals surface area contributed by atoms with Crippen molar-refractivity contribution in [3.63, 3.8) is 0 Å². The topological polar surface area (TPSA) is 98.1 Å². The van der Waals surface area contributed by atoms with E-state index in [1.165, 1.54) is 16.7 Å². The second-order valence-electron chi connectivity index (χ2n) is 9.45. The molecule has 2 atom stereocenters. The predicted molar refractivity (Wildman–Crippen MR) is 135 cm³/mol. The van der Waals surface area contributed by atoms with Gasteiger partial charge < -0.3 is 4.74 Å². The molecule has 1 aliphatic carbocycles. The lowest BCUT2D eigenvalue weighted by atomic mass is 9.90. The number of ether oxygens (including phenoxy) is 1. The van der Waals surface area contributed by atoms with Gasteiger partial charge in [-0.05, 0) is 57.7 Å². The van der Waals surface area contributed by atoms with E-state index < -0.39 is 5.82 Å². The van der Waals surface area contributed by atoms with Gasteiger partial charge in [0.05, 0.1) is 41.4 Å². The van der Waals surface area contributed by atoms with Gasteiger partial charge in [-0.3, -0.25) is 14.0 Å². The molecule has 1 saturated heterocycles. The summed E-state index contributed by atoms with van der Waals surface area (Å²) in [6, 6.07) is 6.57. The molecule has 1 saturated carbocycles. The van der Waals surface area contributed by atoms with Crippen molar-refractivity contribution in [2.75, 3.05) is 6.61 Å². The van der Waals surface area contributed by atoms with Gasteiger partial charge in [-0.25, -0.2) is 14.4 Å². The number of allylic oxidation sites excluding steroid dienone is 2. The van der Waals surface area contributed by atoms with Gasteiger partial charge in [0.15, 0.2) is 5.49 Å². The quantitative estimate of drug-likeness (QED) is 0.418. The maximum atomic E-state index is 15.2. The summed E-state index contributed by atoms with van der Waals surface area (Å²) in [4.78, 5) is 21.5. The Bertz CT molecular complexity index is 1490. The smallest absolute Gasteiger partial charge is 0.219 e. The molecular weight excluding hydrogens is 495 g/mol. The van der Waals surface area contributed by atoms with Crippen molar-refractivity contribution >= 4 is 18.0 Å². The first-order chi connectivity index (χ1) is 17.9. The maximum absolute atomic E-state index is 15.2. The SMILES string of the molecule is C/C(Cl)=C(/C)N=c1c(-c2ccc(C#N)cc2F)nc(C2CCOC(c3cnn(C4CC4)c3)C2)cn1C=O. The third-order valence-corrected chi connectivity index (χ3v) is 7.10. The number of halogens is 2. The molecular formula is C27H26ClFN6O2. The van der Waals surface area contributed by atoms with Crippen LogP contribution in [0.4, 0.5) is 4.39 Å². The first-order valence-electron chi connectivity index (χ1n) is 12.2. The van der Waals surface area contributed by atoms with E-state index in [0.717, 1.165) is 24.5 Å². The molecule has 3 aromatic rings. The number of hydrogen-bond acceptors (Lipinski definition) is 6. The van der Waals surface area contributed by atoms with Gasteiger partial charge in [0, 0.05) is 41.1 Å². The van der Waals surface area contributed by atoms with E-state index in [2.05, 4.69) is 10.1 Å². The molecule has 0 radical (unpaired) electrons. The summed E-state index contributed by atoms with van der Waals surface area (Å²) in [5.41, 5.74) is 2.82. The first kappa shape index (κ1) is 25.1. The Morgan fingerprint density at radius 1 is 1.30 bits per heavy atom. The molecule has 2 fully saturated rings. The minimum atomic E-state index is -0.626. The minimum Gasteiger partial charge on any atom is -0.373 e. The van der Waals surface area contributed by atoms with E-state index in [1.807, 2.05) is 23.1 Å². The zero-order valence-corrected chi connectivity index (χ0v) is 21.3. The highest BCUT2D eigenvalue weighted by Gasteiger charge is 2.30. The second-order valence-corrected chi connectivity index (χ2v) is 10.0. The van der Waals surface area contributed by atoms with E-state index in [0.29, 0.717) is 48.3 Å². The van der Waals surface area contributed by atoms with E-state index in [4.69, 9.17) is 26.6 Å². The Hall–Kier alpha value is -3.61. The van der Waals surface area contributed by atoms with Crippen molar-refractivity contribution in [1.82, 2.24) is 19.3 Å². The first-order valence-corrected chi connectivity index (χ1v) is 12.6. The number of carbonyl (C=O) groups excluding carboxylic acids is 1. The highest BCUT2D eigenvalue weighted by molar-refractivity contribution is 6.29. The van der Waals surface area contributed by atoms with Crippen LogP contribution >= 0.6 is 11.6 Å². The van der Waals surface area contributed by atoms with Gasteiger partial charge in [0.2, 0.25) is 6.41 Å². The van der Waals surface area contributed by atoms with Gasteiger partial charge in [-0.2, -0.15) is 10.4 Å². The van der Waals surface area contributed by atoms with E-state index in [1.54, 1.807) is 20.0 Å². The van der Waals surface area contributed by atoms with E-state index in [-0.39, 0.29) is 34.3 Å². The number of rotatable bonds is 6. The number of aromatic nitrogens is 4. The van der Waals surface area contributed by atoms with Crippen molar-refractivity contribution in [3.8, 4) is 17.3 Å². The molecule has 2 aliphatic rings. The molecule has 0 bridgehead atoms. The molecule has 2 unspecified atom stereocenters. The molecule has 37 heavy (non-hydrogen) atoms. The van der Waals surface area contributed by atoms with E-state index in [9.17, 15) is 4.79 Å². The lowest BCUT2D eigenvalue weighted by molar-refractivity contribution is 0.00452. The van der Waals surface area contributed by atoms with Crippen LogP contribution < -0.4 is 5.49 Å². The van der Waals surface area contributed by atoms with Gasteiger partial charge in [-0.15, -0.1) is 0 Å². The van der Waals surface area contributed by atoms with Gasteiger partial charge in [-0.1, -0.05) is 11.6 Å². The van der Waals surface area contributed by atoms with Crippen molar-refractivity contribution in [2.24, 2.45) is 4.99 Å². The third kappa shape index (κ3) is 5.26. The third-order valence-electron chi connectivity index (χ3n) is 6.82. The Balaban J connectivity index is 1.59. The Morgan fingerprint density at radius 2 is 2.11 bits per heavy atom. The monoisotopic (exact) mass is 520 g/mol. The highest BCUT2D eigenvalue weighted by Crippen LogP contribution is 2.39. The zero-order chi connectivity index (χ0) is 26.1. The summed E-state index contributed by atoms with van der Waals surface area (Å²) < 4.78 is 24.5. The molecule has 3 heterocycles. The zero-order valence-electron chi connectivity index (χ0n) is 20.6. The van der Waals surface area contributed by atoms with Crippen LogP contribution in [0.25, 0.3) is 11.3 Å². The Labute approximate surface area is 218 Å². The summed E-state index contributed by atoms with van der Waals surface area (Å²) in [6.45, 7) is 3.91. The summed E-state index contributed by atoms with van der Waals surface area (Å²) in [5.74, 6) is -0.658. The standard InChI is InChI=1S/C27H26ClFN6O2/c1-16(28)17(2)32-27-26(22-6-3-18(11-30)9-23(22)29)33-24(14-34(27)15-36)19-7-8-37-25(10-19)20-12-31-35(13-20)21-4-5-21/h3,6,9,12-15,19,21,25H,4-5,7-8,10H2,1-2H3/b17-16+,32-27?. The Morgan fingerprint density at radius 3 is 2.78 bits per heavy atom. The summed E-state index contributed by atoms with van der Waals surface area (Å²) >= 11 is 6.13. The van der Waals surface area contributed by atoms with Gasteiger partial charge >= 0.3 is 0 Å². The van der Waals surface area contributed by atoms with Crippen LogP contribution in [0.1, 0.15) is 74.4 Å². The van der Waals surface area contributed by atoms with Crippen molar-refractivity contribution in [3.05, 3.63) is 75.6 Å². The normalized spacial score (nSPS) is 20.9. The fourth-order valence-electron chi connectivity index (χ4n) is 4.47. The van der Waals surface area contributed by atoms with Crippen LogP contribution in [0, 0.1) is 17.1 Å². The van der Waals surface area contributed by atoms with Crippen LogP contribution in [-0.2, 0) is 9.53 Å². The lowest BCUT2D eigenvalue weighted by Crippen LogP contribution is -2.28. The lowest BCUT2D eigenvalue weighted by Gasteiger charge is -2.29. The van der Waals surface area contributed by atoms with Gasteiger partial charge in [0.1, 0.15) is 11.5 Å². The van der Waals surface area contributed by atoms with Gasteiger partial charge in [0.25, 0.3) is 0 Å². The molecule has 5 rings (SSSR count). The Kier molecular flexibility index (Phi) is 7.04. The average Bonchev–Trinajstić information content (AvgIpc) is 3.64. The van der Waals surface area contributed by atoms with Crippen LogP contribution in [0.2, 0.25) is 0 Å². The molecule has 10 heteroatoms. The summed E-state index contributed by atoms with van der Waals surface area (Å²) in [5, 5.41) is 14.1. The summed E-state index contributed by atoms with van der Waals surface area (Å²) in [7, 11) is 0. The fraction of sp³-hybridized carbons (Fsp3) is 0.370. The second kappa shape index (κ2) is 10.4. The average molecular weight is 521 g/mol. The molecule has 190 valence electrons. The number of nitrogens with zero attached hydrogens (tertiary/aromatic N) is 6. The van der Waals surface area contributed by atoms with Crippen LogP contribution in [0.3, 0.4) is 0 Å². The van der Waals surface area contributed by atoms with Crippen LogP contribution in [0.5, 0.6) is 0 Å². The number of benzene rings is 1. The van der Waals surface area contributed by atoms with Crippen LogP contribution in [-0.4, -0.2) is 32.3 Å². The summed E-state index contributed by atoms with van der Waals surface area (Å²) in [6.07, 6.45) is 9.67. The fourth-order valence-corrected chi connectivity index (χ4v) is 4.51. The van der Waals surface area contributed by atoms with Crippen LogP contribution in [0.15, 0.2) is 52.5 Å². The molecule has 8 nitrogen and oxygen atoms in total. The molecule has 1 aromatic carbocycles. The molecule has 0 amide bonds. The molecule has 1 aliphatic heterocycles. The molecule has 0 spiro atoms. The largest absolute Gasteiger partial charge is 0.373 e. The number of hydrogen-bond donors (Lipinski definition) is 0. The number of nitriles is 1. The predicted octanol–water partition coefficient (Wildman–Crippen LogP) is 5.16. The van der Waals surface area contributed by atoms with Crippen molar-refractivity contribution in [1.29, 1.82) is 5.26 Å². The number of carbonyl (C=O) groups is 1. The van der Waals surface area contributed by atoms with Crippen molar-refractivity contribution in [2.45, 2.75) is 57.6 Å². The molecule has 0 N–H and O–H groups in total. The molecule has 2 aromatic heterocycles. The minimum absolute atomic E-state index is 0.0325. The maximum Gasteiger partial charge on any atom is 0.219 e. The highest BCUT2D eigenvalue weighted by atomic mass is 35.5.